The molecule has 5 nitrogen and oxygen atoms in total. The number of methoxy groups -OCH3 is 1. The molecule has 5 heteroatoms. The molecule has 1 aromatic heterocycles. The third kappa shape index (κ3) is 2.27. The maximum Gasteiger partial charge on any atom is 0.239 e. The van der Waals surface area contributed by atoms with Crippen molar-refractivity contribution in [1.82, 2.24) is 0 Å². The number of nitrogens with two attached hydrogens (primary N) is 1. The second kappa shape index (κ2) is 5.01. The summed E-state index contributed by atoms with van der Waals surface area (Å²) in [7, 11) is 1.59. The Labute approximate surface area is 121 Å². The number of furan rings is 1. The van der Waals surface area contributed by atoms with Gasteiger partial charge in [-0.1, -0.05) is 18.2 Å². The van der Waals surface area contributed by atoms with Crippen molar-refractivity contribution in [2.75, 3.05) is 12.4 Å². The van der Waals surface area contributed by atoms with Crippen molar-refractivity contribution in [1.29, 1.82) is 0 Å². The molecular weight excluding hydrogens is 268 g/mol. The molecule has 0 aliphatic heterocycles. The summed E-state index contributed by atoms with van der Waals surface area (Å²) in [6.07, 6.45) is 0. The number of primary amides is 1. The van der Waals surface area contributed by atoms with E-state index >= 15 is 0 Å². The predicted octanol–water partition coefficient (Wildman–Crippen LogP) is 2.88. The van der Waals surface area contributed by atoms with E-state index in [9.17, 15) is 4.79 Å². The van der Waals surface area contributed by atoms with E-state index in [-0.39, 0.29) is 0 Å². The van der Waals surface area contributed by atoms with Crippen LogP contribution in [0.4, 0.5) is 5.69 Å². The molecular formula is C16H16N2O3. The number of benzene rings is 2. The minimum atomic E-state index is -0.499. The van der Waals surface area contributed by atoms with E-state index in [1.807, 2.05) is 36.4 Å². The van der Waals surface area contributed by atoms with Gasteiger partial charge in [-0.15, -0.1) is 0 Å². The SMILES string of the molecule is COc1cc2c(cc1N[C@H](C)C(N)=O)oc1ccccc12. The smallest absolute Gasteiger partial charge is 0.239 e. The van der Waals surface area contributed by atoms with Gasteiger partial charge in [0.05, 0.1) is 12.8 Å². The van der Waals surface area contributed by atoms with Crippen LogP contribution >= 0.6 is 0 Å². The van der Waals surface area contributed by atoms with Gasteiger partial charge in [0.2, 0.25) is 5.91 Å². The Bertz CT molecular complexity index is 823. The van der Waals surface area contributed by atoms with E-state index in [1.54, 1.807) is 14.0 Å². The fraction of sp³-hybridized carbons (Fsp3) is 0.188. The van der Waals surface area contributed by atoms with Crippen LogP contribution in [0.25, 0.3) is 21.9 Å². The van der Waals surface area contributed by atoms with E-state index in [2.05, 4.69) is 5.32 Å². The Morgan fingerprint density at radius 3 is 2.71 bits per heavy atom. The molecule has 0 saturated carbocycles. The molecule has 108 valence electrons. The van der Waals surface area contributed by atoms with Crippen molar-refractivity contribution in [3.8, 4) is 5.75 Å². The zero-order chi connectivity index (χ0) is 15.0. The maximum atomic E-state index is 11.2. The molecule has 1 atom stereocenters. The Hall–Kier alpha value is -2.69. The predicted molar refractivity (Wildman–Crippen MR) is 82.6 cm³/mol. The first-order chi connectivity index (χ1) is 10.1. The molecule has 0 spiro atoms. The number of fused-ring (bicyclic) bond motifs is 3. The Morgan fingerprint density at radius 1 is 1.24 bits per heavy atom. The molecule has 0 aliphatic rings. The van der Waals surface area contributed by atoms with Crippen molar-refractivity contribution in [3.63, 3.8) is 0 Å². The monoisotopic (exact) mass is 284 g/mol. The fourth-order valence-electron chi connectivity index (χ4n) is 2.34. The third-order valence-corrected chi connectivity index (χ3v) is 3.50. The van der Waals surface area contributed by atoms with Gasteiger partial charge in [0.15, 0.2) is 0 Å². The zero-order valence-electron chi connectivity index (χ0n) is 11.8. The third-order valence-electron chi connectivity index (χ3n) is 3.50. The standard InChI is InChI=1S/C16H16N2O3/c1-9(16(17)19)18-12-8-14-11(7-15(12)20-2)10-5-3-4-6-13(10)21-14/h3-9,18H,1-2H3,(H2,17,19)/t9-/m1/s1. The van der Waals surface area contributed by atoms with Gasteiger partial charge >= 0.3 is 0 Å². The second-order valence-corrected chi connectivity index (χ2v) is 4.92. The van der Waals surface area contributed by atoms with Crippen molar-refractivity contribution in [3.05, 3.63) is 36.4 Å². The average Bonchev–Trinajstić information content (AvgIpc) is 2.83. The summed E-state index contributed by atoms with van der Waals surface area (Å²) < 4.78 is 11.2. The largest absolute Gasteiger partial charge is 0.495 e. The Balaban J connectivity index is 2.16. The van der Waals surface area contributed by atoms with Gasteiger partial charge < -0.3 is 20.2 Å². The molecule has 0 unspecified atom stereocenters. The van der Waals surface area contributed by atoms with Gasteiger partial charge in [0.1, 0.15) is 23.0 Å². The zero-order valence-corrected chi connectivity index (χ0v) is 11.8. The van der Waals surface area contributed by atoms with Crippen LogP contribution in [0.1, 0.15) is 6.92 Å². The van der Waals surface area contributed by atoms with Gasteiger partial charge in [0, 0.05) is 16.8 Å². The van der Waals surface area contributed by atoms with Gasteiger partial charge in [-0.2, -0.15) is 0 Å². The van der Waals surface area contributed by atoms with Crippen molar-refractivity contribution in [2.24, 2.45) is 5.73 Å². The second-order valence-electron chi connectivity index (χ2n) is 4.92. The number of hydrogen-bond acceptors (Lipinski definition) is 4. The molecule has 21 heavy (non-hydrogen) atoms. The van der Waals surface area contributed by atoms with Crippen molar-refractivity contribution >= 4 is 33.5 Å². The molecule has 1 heterocycles. The van der Waals surface area contributed by atoms with Gasteiger partial charge in [-0.3, -0.25) is 4.79 Å². The molecule has 3 rings (SSSR count). The molecule has 0 bridgehead atoms. The molecule has 3 aromatic rings. The van der Waals surface area contributed by atoms with Crippen LogP contribution in [-0.4, -0.2) is 19.1 Å². The van der Waals surface area contributed by atoms with Crippen LogP contribution in [0.2, 0.25) is 0 Å². The normalized spacial score (nSPS) is 12.5. The number of hydrogen-bond donors (Lipinski definition) is 2. The first kappa shape index (κ1) is 13.3. The lowest BCUT2D eigenvalue weighted by Gasteiger charge is -2.14. The summed E-state index contributed by atoms with van der Waals surface area (Å²) in [5.41, 5.74) is 7.51. The highest BCUT2D eigenvalue weighted by Crippen LogP contribution is 2.36. The van der Waals surface area contributed by atoms with Crippen LogP contribution in [0.3, 0.4) is 0 Å². The molecule has 0 fully saturated rings. The first-order valence-corrected chi connectivity index (χ1v) is 6.65. The molecule has 2 aromatic carbocycles. The van der Waals surface area contributed by atoms with E-state index in [4.69, 9.17) is 14.9 Å². The lowest BCUT2D eigenvalue weighted by molar-refractivity contribution is -0.118. The number of ether oxygens (including phenoxy) is 1. The highest BCUT2D eigenvalue weighted by Gasteiger charge is 2.15. The number of para-hydroxylation sites is 1. The minimum absolute atomic E-state index is 0.429. The molecule has 0 aliphatic carbocycles. The average molecular weight is 284 g/mol. The summed E-state index contributed by atoms with van der Waals surface area (Å²) >= 11 is 0. The van der Waals surface area contributed by atoms with Crippen LogP contribution < -0.4 is 15.8 Å². The summed E-state index contributed by atoms with van der Waals surface area (Å²) in [5.74, 6) is 0.212. The number of amides is 1. The number of nitrogens with one attached hydrogen (secondary N) is 1. The topological polar surface area (TPSA) is 77.5 Å². The fourth-order valence-corrected chi connectivity index (χ4v) is 2.34. The van der Waals surface area contributed by atoms with Crippen molar-refractivity contribution < 1.29 is 13.9 Å². The lowest BCUT2D eigenvalue weighted by atomic mass is 10.1. The maximum absolute atomic E-state index is 11.2. The van der Waals surface area contributed by atoms with Crippen LogP contribution in [0, 0.1) is 0 Å². The van der Waals surface area contributed by atoms with Crippen LogP contribution in [-0.2, 0) is 4.79 Å². The van der Waals surface area contributed by atoms with Crippen molar-refractivity contribution in [2.45, 2.75) is 13.0 Å². The number of carbonyl (C=O) groups excluding carboxylic acids is 1. The molecule has 1 amide bonds. The van der Waals surface area contributed by atoms with E-state index in [0.29, 0.717) is 11.4 Å². The Morgan fingerprint density at radius 2 is 2.00 bits per heavy atom. The summed E-state index contributed by atoms with van der Waals surface area (Å²) in [4.78, 5) is 11.2. The first-order valence-electron chi connectivity index (χ1n) is 6.65. The summed E-state index contributed by atoms with van der Waals surface area (Å²) in [6.45, 7) is 1.70. The highest BCUT2D eigenvalue weighted by atomic mass is 16.5. The van der Waals surface area contributed by atoms with Gasteiger partial charge in [-0.05, 0) is 19.1 Å². The van der Waals surface area contributed by atoms with E-state index in [1.165, 1.54) is 0 Å². The minimum Gasteiger partial charge on any atom is -0.495 e. The molecule has 3 N–H and O–H groups in total. The van der Waals surface area contributed by atoms with Crippen LogP contribution in [0.15, 0.2) is 40.8 Å². The summed E-state index contributed by atoms with van der Waals surface area (Å²) in [6, 6.07) is 11.0. The van der Waals surface area contributed by atoms with E-state index < -0.39 is 11.9 Å². The highest BCUT2D eigenvalue weighted by molar-refractivity contribution is 6.06. The number of carbonyl (C=O) groups is 1. The van der Waals surface area contributed by atoms with Gasteiger partial charge in [-0.25, -0.2) is 0 Å². The van der Waals surface area contributed by atoms with Crippen LogP contribution in [0.5, 0.6) is 5.75 Å². The molecule has 0 radical (unpaired) electrons. The summed E-state index contributed by atoms with van der Waals surface area (Å²) in [5, 5.41) is 5.04. The molecule has 0 saturated heterocycles. The number of anilines is 1. The quantitative estimate of drug-likeness (QED) is 0.772. The lowest BCUT2D eigenvalue weighted by Crippen LogP contribution is -2.32. The van der Waals surface area contributed by atoms with Gasteiger partial charge in [0.25, 0.3) is 0 Å². The Kier molecular flexibility index (Phi) is 3.17. The number of rotatable bonds is 4. The van der Waals surface area contributed by atoms with E-state index in [0.717, 1.165) is 21.9 Å².